The first-order valence-corrected chi connectivity index (χ1v) is 8.13. The third-order valence-electron chi connectivity index (χ3n) is 3.54. The van der Waals surface area contributed by atoms with Crippen LogP contribution in [0.5, 0.6) is 0 Å². The summed E-state index contributed by atoms with van der Waals surface area (Å²) in [7, 11) is 0. The number of thioether (sulfide) groups is 1. The van der Waals surface area contributed by atoms with E-state index in [0.29, 0.717) is 0 Å². The van der Waals surface area contributed by atoms with E-state index in [2.05, 4.69) is 41.2 Å². The summed E-state index contributed by atoms with van der Waals surface area (Å²) >= 11 is 1.75. The maximum absolute atomic E-state index is 11.9. The molecule has 1 aliphatic heterocycles. The Morgan fingerprint density at radius 2 is 2.21 bits per heavy atom. The van der Waals surface area contributed by atoms with Crippen molar-refractivity contribution in [2.45, 2.75) is 24.2 Å². The van der Waals surface area contributed by atoms with Crippen molar-refractivity contribution < 1.29 is 4.79 Å². The lowest BCUT2D eigenvalue weighted by molar-refractivity contribution is -0.125. The van der Waals surface area contributed by atoms with Gasteiger partial charge in [0, 0.05) is 18.0 Å². The summed E-state index contributed by atoms with van der Waals surface area (Å²) in [6.45, 7) is 2.60. The van der Waals surface area contributed by atoms with Gasteiger partial charge in [0.25, 0.3) is 0 Å². The number of hydrogen-bond donors (Lipinski definition) is 2. The predicted octanol–water partition coefficient (Wildman–Crippen LogP) is 2.07. The number of piperidine rings is 1. The molecule has 1 aromatic rings. The van der Waals surface area contributed by atoms with Crippen LogP contribution in [-0.4, -0.2) is 31.8 Å². The van der Waals surface area contributed by atoms with Crippen LogP contribution in [0.3, 0.4) is 0 Å². The molecule has 1 aromatic carbocycles. The topological polar surface area (TPSA) is 41.1 Å². The summed E-state index contributed by atoms with van der Waals surface area (Å²) in [4.78, 5) is 13.2. The lowest BCUT2D eigenvalue weighted by atomic mass is 9.99. The van der Waals surface area contributed by atoms with Gasteiger partial charge in [0.15, 0.2) is 0 Å². The first kappa shape index (κ1) is 14.4. The minimum Gasteiger partial charge on any atom is -0.355 e. The monoisotopic (exact) mass is 278 g/mol. The smallest absolute Gasteiger partial charge is 0.224 e. The molecular formula is C15H22N2OS. The van der Waals surface area contributed by atoms with Crippen LogP contribution in [-0.2, 0) is 11.2 Å². The van der Waals surface area contributed by atoms with E-state index in [1.54, 1.807) is 11.8 Å². The third-order valence-corrected chi connectivity index (χ3v) is 4.28. The maximum atomic E-state index is 11.9. The molecule has 0 bridgehead atoms. The van der Waals surface area contributed by atoms with Crippen molar-refractivity contribution in [1.29, 1.82) is 0 Å². The normalized spacial score (nSPS) is 19.1. The number of carbonyl (C=O) groups is 1. The minimum absolute atomic E-state index is 0.160. The van der Waals surface area contributed by atoms with E-state index in [4.69, 9.17) is 0 Å². The lowest BCUT2D eigenvalue weighted by Gasteiger charge is -2.21. The van der Waals surface area contributed by atoms with Gasteiger partial charge in [-0.05, 0) is 49.8 Å². The number of amides is 1. The Morgan fingerprint density at radius 3 is 2.84 bits per heavy atom. The van der Waals surface area contributed by atoms with Gasteiger partial charge in [0.2, 0.25) is 5.91 Å². The Morgan fingerprint density at radius 1 is 1.42 bits per heavy atom. The lowest BCUT2D eigenvalue weighted by Crippen LogP contribution is -2.41. The maximum Gasteiger partial charge on any atom is 0.224 e. The van der Waals surface area contributed by atoms with Crippen molar-refractivity contribution in [3.05, 3.63) is 29.8 Å². The highest BCUT2D eigenvalue weighted by Crippen LogP contribution is 2.15. The van der Waals surface area contributed by atoms with Crippen LogP contribution in [0.1, 0.15) is 18.4 Å². The minimum atomic E-state index is 0.160. The van der Waals surface area contributed by atoms with E-state index in [0.717, 1.165) is 38.9 Å². The summed E-state index contributed by atoms with van der Waals surface area (Å²) in [5.74, 6) is 0.362. The molecule has 0 aliphatic carbocycles. The summed E-state index contributed by atoms with van der Waals surface area (Å²) in [5, 5.41) is 6.32. The molecule has 1 heterocycles. The molecular weight excluding hydrogens is 256 g/mol. The molecule has 1 unspecified atom stereocenters. The zero-order valence-electron chi connectivity index (χ0n) is 11.4. The first-order valence-electron chi connectivity index (χ1n) is 6.91. The van der Waals surface area contributed by atoms with Crippen molar-refractivity contribution in [2.24, 2.45) is 5.92 Å². The molecule has 2 rings (SSSR count). The van der Waals surface area contributed by atoms with Crippen molar-refractivity contribution in [1.82, 2.24) is 10.6 Å². The van der Waals surface area contributed by atoms with Gasteiger partial charge in [-0.1, -0.05) is 12.1 Å². The van der Waals surface area contributed by atoms with E-state index < -0.39 is 0 Å². The van der Waals surface area contributed by atoms with Crippen molar-refractivity contribution >= 4 is 17.7 Å². The molecule has 1 saturated heterocycles. The number of nitrogens with one attached hydrogen (secondary N) is 2. The van der Waals surface area contributed by atoms with Crippen LogP contribution < -0.4 is 10.6 Å². The van der Waals surface area contributed by atoms with Gasteiger partial charge >= 0.3 is 0 Å². The van der Waals surface area contributed by atoms with Gasteiger partial charge in [-0.3, -0.25) is 4.79 Å². The van der Waals surface area contributed by atoms with Gasteiger partial charge in [-0.15, -0.1) is 11.8 Å². The summed E-state index contributed by atoms with van der Waals surface area (Å²) in [5.41, 5.74) is 1.28. The number of carbonyl (C=O) groups excluding carboxylic acids is 1. The van der Waals surface area contributed by atoms with E-state index in [1.807, 2.05) is 0 Å². The van der Waals surface area contributed by atoms with Crippen molar-refractivity contribution in [3.63, 3.8) is 0 Å². The van der Waals surface area contributed by atoms with E-state index in [-0.39, 0.29) is 11.8 Å². The molecule has 3 nitrogen and oxygen atoms in total. The summed E-state index contributed by atoms with van der Waals surface area (Å²) in [6, 6.07) is 8.54. The second-order valence-corrected chi connectivity index (χ2v) is 5.81. The van der Waals surface area contributed by atoms with Crippen LogP contribution in [0.25, 0.3) is 0 Å². The number of benzene rings is 1. The fourth-order valence-corrected chi connectivity index (χ4v) is 2.75. The Labute approximate surface area is 119 Å². The van der Waals surface area contributed by atoms with Gasteiger partial charge < -0.3 is 10.6 Å². The fourth-order valence-electron chi connectivity index (χ4n) is 2.34. The summed E-state index contributed by atoms with van der Waals surface area (Å²) in [6.07, 6.45) is 5.10. The molecule has 0 spiro atoms. The Kier molecular flexibility index (Phi) is 5.73. The molecule has 0 saturated carbocycles. The molecule has 0 aromatic heterocycles. The SMILES string of the molecule is CSc1ccc(CCNC(=O)C2CCCNC2)cc1. The zero-order valence-corrected chi connectivity index (χ0v) is 12.3. The number of hydrogen-bond acceptors (Lipinski definition) is 3. The second-order valence-electron chi connectivity index (χ2n) is 4.93. The summed E-state index contributed by atoms with van der Waals surface area (Å²) < 4.78 is 0. The Balaban J connectivity index is 1.71. The standard InChI is InChI=1S/C15H22N2OS/c1-19-14-6-4-12(5-7-14)8-10-17-15(18)13-3-2-9-16-11-13/h4-7,13,16H,2-3,8-11H2,1H3,(H,17,18). The van der Waals surface area contributed by atoms with Crippen LogP contribution in [0.2, 0.25) is 0 Å². The van der Waals surface area contributed by atoms with Crippen LogP contribution >= 0.6 is 11.8 Å². The third kappa shape index (κ3) is 4.55. The first-order chi connectivity index (χ1) is 9.29. The largest absolute Gasteiger partial charge is 0.355 e. The van der Waals surface area contributed by atoms with Gasteiger partial charge in [0.1, 0.15) is 0 Å². The highest BCUT2D eigenvalue weighted by Gasteiger charge is 2.19. The zero-order chi connectivity index (χ0) is 13.5. The Bertz CT molecular complexity index is 399. The molecule has 19 heavy (non-hydrogen) atoms. The predicted molar refractivity (Wildman–Crippen MR) is 80.5 cm³/mol. The molecule has 0 radical (unpaired) electrons. The Hall–Kier alpha value is -1.00. The van der Waals surface area contributed by atoms with Crippen molar-refractivity contribution in [2.75, 3.05) is 25.9 Å². The highest BCUT2D eigenvalue weighted by molar-refractivity contribution is 7.98. The highest BCUT2D eigenvalue weighted by atomic mass is 32.2. The molecule has 1 atom stereocenters. The molecule has 1 amide bonds. The number of rotatable bonds is 5. The average Bonchev–Trinajstić information content (AvgIpc) is 2.49. The van der Waals surface area contributed by atoms with E-state index in [9.17, 15) is 4.79 Å². The second kappa shape index (κ2) is 7.56. The molecule has 2 N–H and O–H groups in total. The van der Waals surface area contributed by atoms with E-state index in [1.165, 1.54) is 10.5 Å². The molecule has 104 valence electrons. The molecule has 1 fully saturated rings. The molecule has 4 heteroatoms. The van der Waals surface area contributed by atoms with Gasteiger partial charge in [-0.2, -0.15) is 0 Å². The van der Waals surface area contributed by atoms with Crippen LogP contribution in [0.4, 0.5) is 0 Å². The van der Waals surface area contributed by atoms with Crippen molar-refractivity contribution in [3.8, 4) is 0 Å². The van der Waals surface area contributed by atoms with Crippen LogP contribution in [0, 0.1) is 5.92 Å². The van der Waals surface area contributed by atoms with Gasteiger partial charge in [0.05, 0.1) is 5.92 Å². The fraction of sp³-hybridized carbons (Fsp3) is 0.533. The van der Waals surface area contributed by atoms with Crippen LogP contribution in [0.15, 0.2) is 29.2 Å². The molecule has 1 aliphatic rings. The quantitative estimate of drug-likeness (QED) is 0.810. The van der Waals surface area contributed by atoms with Gasteiger partial charge in [-0.25, -0.2) is 0 Å². The van der Waals surface area contributed by atoms with E-state index >= 15 is 0 Å². The average molecular weight is 278 g/mol.